The second kappa shape index (κ2) is 11.7. The summed E-state index contributed by atoms with van der Waals surface area (Å²) in [5.74, 6) is 0.428. The quantitative estimate of drug-likeness (QED) is 0.426. The molecule has 1 atom stereocenters. The maximum atomic E-state index is 13.6. The molecule has 0 saturated carbocycles. The number of quaternary nitrogens is 1. The first-order valence-electron chi connectivity index (χ1n) is 11.5. The van der Waals surface area contributed by atoms with Crippen LogP contribution in [0.5, 0.6) is 0 Å². The van der Waals surface area contributed by atoms with Crippen molar-refractivity contribution in [1.29, 1.82) is 0 Å². The van der Waals surface area contributed by atoms with Crippen molar-refractivity contribution < 1.29 is 42.0 Å². The molecule has 1 saturated heterocycles. The Bertz CT molecular complexity index is 801. The van der Waals surface area contributed by atoms with Crippen molar-refractivity contribution in [2.45, 2.75) is 78.8 Å². The Labute approximate surface area is 208 Å². The number of piperidine rings is 1. The first kappa shape index (κ1) is 25.4. The minimum atomic E-state index is 0. The largest absolute Gasteiger partial charge is 0.311 e. The zero-order chi connectivity index (χ0) is 20.9. The number of Topliss-reactive ketones (excluding diaryl/α,β-unsaturated/α-hetero) is 1. The van der Waals surface area contributed by atoms with Gasteiger partial charge < -0.3 is 4.48 Å². The molecule has 1 heterocycles. The van der Waals surface area contributed by atoms with Crippen LogP contribution in [0.2, 0.25) is 0 Å². The smallest absolute Gasteiger partial charge is 0.194 e. The van der Waals surface area contributed by atoms with E-state index in [0.717, 1.165) is 37.0 Å². The maximum absolute atomic E-state index is 13.6. The van der Waals surface area contributed by atoms with E-state index in [1.165, 1.54) is 47.1 Å². The van der Waals surface area contributed by atoms with Crippen molar-refractivity contribution in [3.05, 3.63) is 70.3 Å². The van der Waals surface area contributed by atoms with Gasteiger partial charge in [0.25, 0.3) is 0 Å². The van der Waals surface area contributed by atoms with Gasteiger partial charge in [0.15, 0.2) is 5.78 Å². The number of rotatable bonds is 8. The number of nitrogens with zero attached hydrogens (tertiary/aromatic N) is 1. The van der Waals surface area contributed by atoms with E-state index in [1.54, 1.807) is 0 Å². The predicted octanol–water partition coefficient (Wildman–Crippen LogP) is 5.95. The molecule has 1 unspecified atom stereocenters. The molecule has 0 aromatic heterocycles. The topological polar surface area (TPSA) is 17.1 Å². The van der Waals surface area contributed by atoms with Gasteiger partial charge in [-0.25, -0.2) is 0 Å². The molecule has 30 heavy (non-hydrogen) atoms. The second-order valence-corrected chi connectivity index (χ2v) is 8.99. The van der Waals surface area contributed by atoms with E-state index in [1.807, 2.05) is 0 Å². The summed E-state index contributed by atoms with van der Waals surface area (Å²) in [6, 6.07) is 15.6. The first-order chi connectivity index (χ1) is 14.0. The molecule has 2 aromatic rings. The molecular weight excluding hydrogens is 443 g/mol. The third kappa shape index (κ3) is 5.90. The molecule has 1 radical (unpaired) electrons. The number of aryl methyl sites for hydroxylation is 3. The van der Waals surface area contributed by atoms with Crippen molar-refractivity contribution >= 4 is 5.78 Å². The Kier molecular flexibility index (Phi) is 9.92. The predicted molar refractivity (Wildman–Crippen MR) is 122 cm³/mol. The van der Waals surface area contributed by atoms with Gasteiger partial charge in [-0.1, -0.05) is 56.3 Å². The molecule has 3 rings (SSSR count). The van der Waals surface area contributed by atoms with Crippen molar-refractivity contribution in [2.24, 2.45) is 0 Å². The van der Waals surface area contributed by atoms with E-state index in [9.17, 15) is 4.79 Å². The van der Waals surface area contributed by atoms with Crippen LogP contribution in [0.15, 0.2) is 42.5 Å². The van der Waals surface area contributed by atoms with Crippen molar-refractivity contribution in [3.8, 4) is 0 Å². The second-order valence-electron chi connectivity index (χ2n) is 8.99. The molecule has 0 aliphatic carbocycles. The average molecular weight is 482 g/mol. The van der Waals surface area contributed by atoms with E-state index < -0.39 is 0 Å². The number of carbonyl (C=O) groups excluding carboxylic acids is 1. The normalized spacial score (nSPS) is 16.5. The van der Waals surface area contributed by atoms with Gasteiger partial charge in [-0.15, -0.1) is 0 Å². The summed E-state index contributed by atoms with van der Waals surface area (Å²) in [6.45, 7) is 11.9. The number of hydrogen-bond donors (Lipinski definition) is 0. The van der Waals surface area contributed by atoms with Crippen LogP contribution in [0, 0.1) is 13.8 Å². The van der Waals surface area contributed by atoms with Crippen molar-refractivity contribution in [3.63, 3.8) is 0 Å². The SMILES string of the molecule is CCc1ccc(C[N+]2(C(CC)C(=O)Cc3c(C)cccc3C)CCCCC2)cc1.[Y]. The summed E-state index contributed by atoms with van der Waals surface area (Å²) in [6.07, 6.45) is 6.35. The van der Waals surface area contributed by atoms with Crippen LogP contribution in [-0.2, 0) is 56.9 Å². The number of benzene rings is 2. The summed E-state index contributed by atoms with van der Waals surface area (Å²) in [5, 5.41) is 0. The number of carbonyl (C=O) groups is 1. The first-order valence-corrected chi connectivity index (χ1v) is 11.5. The van der Waals surface area contributed by atoms with Gasteiger partial charge in [-0.05, 0) is 61.8 Å². The van der Waals surface area contributed by atoms with Crippen LogP contribution in [0.4, 0.5) is 0 Å². The van der Waals surface area contributed by atoms with Crippen LogP contribution in [0.1, 0.15) is 67.3 Å². The van der Waals surface area contributed by atoms with Gasteiger partial charge in [-0.2, -0.15) is 0 Å². The van der Waals surface area contributed by atoms with Gasteiger partial charge in [0.1, 0.15) is 12.6 Å². The standard InChI is InChI=1S/C27H38NO.Y/c1-5-23-13-15-24(16-14-23)20-28(17-8-7-9-18-28)26(6-2)27(29)19-25-21(3)11-10-12-22(25)4;/h10-16,26H,5-9,17-20H2,1-4H3;/q+1;. The van der Waals surface area contributed by atoms with Crippen molar-refractivity contribution in [1.82, 2.24) is 0 Å². The van der Waals surface area contributed by atoms with Crippen LogP contribution in [0.25, 0.3) is 0 Å². The molecule has 3 heteroatoms. The van der Waals surface area contributed by atoms with Gasteiger partial charge in [0.05, 0.1) is 13.1 Å². The molecular formula is C27H38NOY+. The third-order valence-electron chi connectivity index (χ3n) is 7.05. The zero-order valence-corrected chi connectivity index (χ0v) is 22.3. The van der Waals surface area contributed by atoms with E-state index >= 15 is 0 Å². The molecule has 0 amide bonds. The zero-order valence-electron chi connectivity index (χ0n) is 19.4. The maximum Gasteiger partial charge on any atom is 0.194 e. The molecule has 0 N–H and O–H groups in total. The van der Waals surface area contributed by atoms with E-state index in [4.69, 9.17) is 0 Å². The summed E-state index contributed by atoms with van der Waals surface area (Å²) in [4.78, 5) is 13.6. The Hall–Kier alpha value is -0.826. The molecule has 1 aliphatic heterocycles. The Morgan fingerprint density at radius 1 is 0.900 bits per heavy atom. The summed E-state index contributed by atoms with van der Waals surface area (Å²) in [5.41, 5.74) is 6.49. The van der Waals surface area contributed by atoms with Crippen LogP contribution in [-0.4, -0.2) is 29.4 Å². The Morgan fingerprint density at radius 2 is 1.47 bits per heavy atom. The Morgan fingerprint density at radius 3 is 2.00 bits per heavy atom. The number of ketones is 1. The molecule has 0 bridgehead atoms. The molecule has 159 valence electrons. The summed E-state index contributed by atoms with van der Waals surface area (Å²) >= 11 is 0. The molecule has 0 spiro atoms. The van der Waals surface area contributed by atoms with E-state index in [2.05, 4.69) is 70.2 Å². The number of likely N-dealkylation sites (tertiary alicyclic amines) is 1. The minimum absolute atomic E-state index is 0. The van der Waals surface area contributed by atoms with Gasteiger partial charge >= 0.3 is 0 Å². The summed E-state index contributed by atoms with van der Waals surface area (Å²) in [7, 11) is 0. The fourth-order valence-corrected chi connectivity index (χ4v) is 5.31. The average Bonchev–Trinajstić information content (AvgIpc) is 2.72. The number of hydrogen-bond acceptors (Lipinski definition) is 1. The minimum Gasteiger partial charge on any atom is -0.311 e. The fourth-order valence-electron chi connectivity index (χ4n) is 5.31. The molecule has 1 aliphatic rings. The van der Waals surface area contributed by atoms with Gasteiger partial charge in [0.2, 0.25) is 0 Å². The monoisotopic (exact) mass is 481 g/mol. The summed E-state index contributed by atoms with van der Waals surface area (Å²) < 4.78 is 0.950. The van der Waals surface area contributed by atoms with Gasteiger partial charge in [0, 0.05) is 51.1 Å². The third-order valence-corrected chi connectivity index (χ3v) is 7.05. The molecule has 2 aromatic carbocycles. The van der Waals surface area contributed by atoms with Crippen molar-refractivity contribution in [2.75, 3.05) is 13.1 Å². The molecule has 1 fully saturated rings. The Balaban J connectivity index is 0.00000320. The van der Waals surface area contributed by atoms with Crippen LogP contribution < -0.4 is 0 Å². The van der Waals surface area contributed by atoms with E-state index in [0.29, 0.717) is 12.2 Å². The molecule has 2 nitrogen and oxygen atoms in total. The van der Waals surface area contributed by atoms with E-state index in [-0.39, 0.29) is 38.8 Å². The fraction of sp³-hybridized carbons (Fsp3) is 0.519. The van der Waals surface area contributed by atoms with Gasteiger partial charge in [-0.3, -0.25) is 4.79 Å². The van der Waals surface area contributed by atoms with Crippen LogP contribution in [0.3, 0.4) is 0 Å². The van der Waals surface area contributed by atoms with Crippen LogP contribution >= 0.6 is 0 Å².